The molecule has 19 heavy (non-hydrogen) atoms. The fourth-order valence-corrected chi connectivity index (χ4v) is 2.88. The Morgan fingerprint density at radius 2 is 1.95 bits per heavy atom. The van der Waals surface area contributed by atoms with Crippen molar-refractivity contribution in [3.63, 3.8) is 0 Å². The van der Waals surface area contributed by atoms with Crippen molar-refractivity contribution in [3.05, 3.63) is 28.2 Å². The molecule has 1 unspecified atom stereocenters. The molecule has 0 amide bonds. The zero-order valence-corrected chi connectivity index (χ0v) is 14.1. The molecule has 0 fully saturated rings. The van der Waals surface area contributed by atoms with E-state index in [4.69, 9.17) is 0 Å². The van der Waals surface area contributed by atoms with Crippen molar-refractivity contribution in [3.8, 4) is 0 Å². The average molecular weight is 328 g/mol. The summed E-state index contributed by atoms with van der Waals surface area (Å²) in [6.45, 7) is 9.60. The number of hydrogen-bond donors (Lipinski definition) is 1. The number of nitrogens with zero attached hydrogens (tertiary/aromatic N) is 1. The summed E-state index contributed by atoms with van der Waals surface area (Å²) in [6, 6.07) is 6.81. The molecular weight excluding hydrogens is 302 g/mol. The first kappa shape index (κ1) is 16.5. The molecule has 0 spiro atoms. The fraction of sp³-hybridized carbons (Fsp3) is 0.625. The van der Waals surface area contributed by atoms with Gasteiger partial charge < -0.3 is 10.0 Å². The largest absolute Gasteiger partial charge is 0.389 e. The van der Waals surface area contributed by atoms with Crippen LogP contribution in [0.25, 0.3) is 0 Å². The van der Waals surface area contributed by atoms with Gasteiger partial charge >= 0.3 is 0 Å². The number of anilines is 1. The van der Waals surface area contributed by atoms with Crippen LogP contribution in [-0.2, 0) is 0 Å². The van der Waals surface area contributed by atoms with Crippen molar-refractivity contribution in [2.45, 2.75) is 59.1 Å². The van der Waals surface area contributed by atoms with Crippen LogP contribution in [0.1, 0.15) is 58.6 Å². The van der Waals surface area contributed by atoms with Crippen LogP contribution in [-0.4, -0.2) is 17.7 Å². The number of benzene rings is 1. The molecule has 1 aromatic rings. The molecule has 0 heterocycles. The molecule has 1 N–H and O–H groups in total. The number of aliphatic hydroxyl groups excluding tert-OH is 1. The summed E-state index contributed by atoms with van der Waals surface area (Å²) in [4.78, 5) is 2.46. The van der Waals surface area contributed by atoms with E-state index in [0.29, 0.717) is 6.04 Å². The van der Waals surface area contributed by atoms with Gasteiger partial charge in [-0.1, -0.05) is 42.3 Å². The predicted molar refractivity (Wildman–Crippen MR) is 86.8 cm³/mol. The second kappa shape index (κ2) is 7.91. The molecule has 1 aromatic carbocycles. The van der Waals surface area contributed by atoms with Gasteiger partial charge in [-0.05, 0) is 44.4 Å². The summed E-state index contributed by atoms with van der Waals surface area (Å²) >= 11 is 3.57. The lowest BCUT2D eigenvalue weighted by molar-refractivity contribution is 0.198. The van der Waals surface area contributed by atoms with Gasteiger partial charge in [0.1, 0.15) is 0 Å². The molecule has 0 aromatic heterocycles. The first-order valence-corrected chi connectivity index (χ1v) is 8.04. The summed E-state index contributed by atoms with van der Waals surface area (Å²) in [5.41, 5.74) is 2.18. The Balaban J connectivity index is 2.99. The molecule has 0 bridgehead atoms. The van der Waals surface area contributed by atoms with Crippen molar-refractivity contribution < 1.29 is 5.11 Å². The van der Waals surface area contributed by atoms with Crippen molar-refractivity contribution in [2.24, 2.45) is 0 Å². The Morgan fingerprint density at radius 3 is 2.42 bits per heavy atom. The van der Waals surface area contributed by atoms with Gasteiger partial charge in [0, 0.05) is 22.7 Å². The Hall–Kier alpha value is -0.540. The monoisotopic (exact) mass is 327 g/mol. The Kier molecular flexibility index (Phi) is 6.87. The van der Waals surface area contributed by atoms with Crippen molar-refractivity contribution in [1.82, 2.24) is 0 Å². The number of aliphatic hydroxyl groups is 1. The van der Waals surface area contributed by atoms with Gasteiger partial charge in [-0.3, -0.25) is 0 Å². The van der Waals surface area contributed by atoms with Gasteiger partial charge in [-0.2, -0.15) is 0 Å². The zero-order valence-electron chi connectivity index (χ0n) is 12.5. The molecule has 0 saturated carbocycles. The molecule has 0 radical (unpaired) electrons. The van der Waals surface area contributed by atoms with E-state index in [1.54, 1.807) is 6.92 Å². The van der Waals surface area contributed by atoms with Gasteiger partial charge in [0.25, 0.3) is 0 Å². The highest BCUT2D eigenvalue weighted by Crippen LogP contribution is 2.29. The van der Waals surface area contributed by atoms with E-state index in [1.165, 1.54) is 18.5 Å². The first-order chi connectivity index (χ1) is 9.01. The second-order valence-corrected chi connectivity index (χ2v) is 6.04. The lowest BCUT2D eigenvalue weighted by Crippen LogP contribution is -2.33. The summed E-state index contributed by atoms with van der Waals surface area (Å²) in [6.07, 6.45) is 3.12. The topological polar surface area (TPSA) is 23.5 Å². The number of halogens is 1. The Bertz CT molecular complexity index is 392. The van der Waals surface area contributed by atoms with Crippen LogP contribution >= 0.6 is 15.9 Å². The number of unbranched alkanes of at least 4 members (excludes halogenated alkanes) is 1. The minimum Gasteiger partial charge on any atom is -0.389 e. The molecule has 0 aliphatic carbocycles. The number of rotatable bonds is 7. The Morgan fingerprint density at radius 1 is 1.26 bits per heavy atom. The van der Waals surface area contributed by atoms with Crippen LogP contribution in [0.5, 0.6) is 0 Å². The highest BCUT2D eigenvalue weighted by Gasteiger charge is 2.14. The minimum absolute atomic E-state index is 0.434. The van der Waals surface area contributed by atoms with Gasteiger partial charge in [-0.15, -0.1) is 0 Å². The standard InChI is InChI=1S/C16H26BrNO/c1-5-7-10-18(12(3)6-2)14-8-9-15(13(4)19)16(17)11-14/h8-9,11-13,19H,5-7,10H2,1-4H3/t12?,13-/m1/s1. The van der Waals surface area contributed by atoms with Crippen LogP contribution in [0.4, 0.5) is 5.69 Å². The molecule has 108 valence electrons. The molecule has 0 aliphatic heterocycles. The SMILES string of the molecule is CCCCN(c1ccc([C@@H](C)O)c(Br)c1)C(C)CC. The van der Waals surface area contributed by atoms with E-state index in [1.807, 2.05) is 6.07 Å². The molecule has 3 heteroatoms. The minimum atomic E-state index is -0.434. The first-order valence-electron chi connectivity index (χ1n) is 7.25. The smallest absolute Gasteiger partial charge is 0.0772 e. The highest BCUT2D eigenvalue weighted by atomic mass is 79.9. The molecule has 1 rings (SSSR count). The third-order valence-corrected chi connectivity index (χ3v) is 4.33. The molecule has 2 atom stereocenters. The highest BCUT2D eigenvalue weighted by molar-refractivity contribution is 9.10. The summed E-state index contributed by atoms with van der Waals surface area (Å²) < 4.78 is 0.991. The maximum Gasteiger partial charge on any atom is 0.0772 e. The third-order valence-electron chi connectivity index (χ3n) is 3.64. The van der Waals surface area contributed by atoms with Crippen molar-refractivity contribution in [1.29, 1.82) is 0 Å². The average Bonchev–Trinajstić information content (AvgIpc) is 2.38. The molecule has 2 nitrogen and oxygen atoms in total. The van der Waals surface area contributed by atoms with E-state index < -0.39 is 6.10 Å². The predicted octanol–water partition coefficient (Wildman–Crippen LogP) is 4.91. The van der Waals surface area contributed by atoms with Crippen LogP contribution in [0.3, 0.4) is 0 Å². The van der Waals surface area contributed by atoms with Gasteiger partial charge in [0.05, 0.1) is 6.10 Å². The quantitative estimate of drug-likeness (QED) is 0.769. The van der Waals surface area contributed by atoms with Gasteiger partial charge in [0.15, 0.2) is 0 Å². The lowest BCUT2D eigenvalue weighted by Gasteiger charge is -2.31. The van der Waals surface area contributed by atoms with Crippen molar-refractivity contribution in [2.75, 3.05) is 11.4 Å². The fourth-order valence-electron chi connectivity index (χ4n) is 2.19. The van der Waals surface area contributed by atoms with Crippen molar-refractivity contribution >= 4 is 21.6 Å². The van der Waals surface area contributed by atoms with E-state index in [-0.39, 0.29) is 0 Å². The molecule has 0 aliphatic rings. The van der Waals surface area contributed by atoms with E-state index in [2.05, 4.69) is 53.7 Å². The summed E-state index contributed by atoms with van der Waals surface area (Å²) in [5.74, 6) is 0. The maximum atomic E-state index is 9.69. The van der Waals surface area contributed by atoms with Gasteiger partial charge in [-0.25, -0.2) is 0 Å². The molecular formula is C16H26BrNO. The normalized spacial score (nSPS) is 14.2. The summed E-state index contributed by atoms with van der Waals surface area (Å²) in [5, 5.41) is 9.69. The van der Waals surface area contributed by atoms with Crippen LogP contribution in [0.15, 0.2) is 22.7 Å². The lowest BCUT2D eigenvalue weighted by atomic mass is 10.1. The number of hydrogen-bond acceptors (Lipinski definition) is 2. The second-order valence-electron chi connectivity index (χ2n) is 5.19. The van der Waals surface area contributed by atoms with E-state index >= 15 is 0 Å². The van der Waals surface area contributed by atoms with Gasteiger partial charge in [0.2, 0.25) is 0 Å². The molecule has 0 saturated heterocycles. The van der Waals surface area contributed by atoms with Crippen LogP contribution in [0.2, 0.25) is 0 Å². The zero-order chi connectivity index (χ0) is 14.4. The third kappa shape index (κ3) is 4.50. The summed E-state index contributed by atoms with van der Waals surface area (Å²) in [7, 11) is 0. The Labute approximate surface area is 126 Å². The van der Waals surface area contributed by atoms with E-state index in [0.717, 1.165) is 23.0 Å². The van der Waals surface area contributed by atoms with Crippen LogP contribution < -0.4 is 4.90 Å². The maximum absolute atomic E-state index is 9.69. The van der Waals surface area contributed by atoms with E-state index in [9.17, 15) is 5.11 Å². The van der Waals surface area contributed by atoms with Crippen LogP contribution in [0, 0.1) is 0 Å².